The number of carbonyl (C=O) groups excluding carboxylic acids is 1. The first kappa shape index (κ1) is 10.7. The Morgan fingerprint density at radius 1 is 1.43 bits per heavy atom. The summed E-state index contributed by atoms with van der Waals surface area (Å²) in [6.45, 7) is 0. The predicted molar refractivity (Wildman–Crippen MR) is 51.4 cm³/mol. The van der Waals surface area contributed by atoms with E-state index in [-0.39, 0.29) is 18.4 Å². The molecule has 4 nitrogen and oxygen atoms in total. The van der Waals surface area contributed by atoms with Crippen molar-refractivity contribution in [3.05, 3.63) is 35.9 Å². The molecule has 0 saturated heterocycles. The minimum absolute atomic E-state index is 0.00968. The lowest BCUT2D eigenvalue weighted by molar-refractivity contribution is -0.418. The summed E-state index contributed by atoms with van der Waals surface area (Å²) in [6.07, 6.45) is 0.986. The molecule has 4 heteroatoms. The van der Waals surface area contributed by atoms with Gasteiger partial charge in [-0.2, -0.15) is 0 Å². The highest BCUT2D eigenvalue weighted by atomic mass is 16.5. The average molecular weight is 195 g/mol. The Balaban J connectivity index is 2.41. The molecule has 1 aromatic rings. The average Bonchev–Trinajstić information content (AvgIpc) is 2.19. The van der Waals surface area contributed by atoms with Gasteiger partial charge in [0.15, 0.2) is 0 Å². The van der Waals surface area contributed by atoms with Crippen molar-refractivity contribution in [2.75, 3.05) is 0 Å². The highest BCUT2D eigenvalue weighted by Gasteiger charge is 2.12. The first-order chi connectivity index (χ1) is 6.72. The summed E-state index contributed by atoms with van der Waals surface area (Å²) in [7, 11) is 0. The number of hydrogen-bond acceptors (Lipinski definition) is 2. The van der Waals surface area contributed by atoms with Gasteiger partial charge in [-0.3, -0.25) is 10.0 Å². The van der Waals surface area contributed by atoms with Gasteiger partial charge in [-0.25, -0.2) is 5.48 Å². The molecule has 0 aliphatic heterocycles. The summed E-state index contributed by atoms with van der Waals surface area (Å²) in [4.78, 5) is 10.8. The zero-order chi connectivity index (χ0) is 10.4. The first-order valence-corrected chi connectivity index (χ1v) is 4.52. The molecule has 76 valence electrons. The highest BCUT2D eigenvalue weighted by molar-refractivity contribution is 5.75. The van der Waals surface area contributed by atoms with E-state index in [0.717, 1.165) is 12.0 Å². The first-order valence-electron chi connectivity index (χ1n) is 4.52. The van der Waals surface area contributed by atoms with Crippen LogP contribution in [0.4, 0.5) is 0 Å². The third-order valence-corrected chi connectivity index (χ3v) is 1.97. The van der Waals surface area contributed by atoms with Crippen molar-refractivity contribution in [3.63, 3.8) is 0 Å². The van der Waals surface area contributed by atoms with Gasteiger partial charge in [0.2, 0.25) is 5.91 Å². The quantitative estimate of drug-likeness (QED) is 0.457. The molecule has 14 heavy (non-hydrogen) atoms. The number of amides is 1. The van der Waals surface area contributed by atoms with Gasteiger partial charge in [-0.1, -0.05) is 30.3 Å². The minimum Gasteiger partial charge on any atom is -0.354 e. The number of hydroxylamine groups is 1. The lowest BCUT2D eigenvalue weighted by Crippen LogP contribution is -2.63. The van der Waals surface area contributed by atoms with Crippen LogP contribution in [-0.4, -0.2) is 17.2 Å². The van der Waals surface area contributed by atoms with Gasteiger partial charge in [0.25, 0.3) is 0 Å². The van der Waals surface area contributed by atoms with E-state index in [1.165, 1.54) is 0 Å². The van der Waals surface area contributed by atoms with Crippen molar-refractivity contribution < 1.29 is 15.7 Å². The van der Waals surface area contributed by atoms with Gasteiger partial charge < -0.3 is 5.73 Å². The molecule has 0 aliphatic rings. The molecule has 0 heterocycles. The largest absolute Gasteiger partial charge is 0.354 e. The van der Waals surface area contributed by atoms with E-state index in [1.54, 1.807) is 5.48 Å². The molecule has 0 bridgehead atoms. The summed E-state index contributed by atoms with van der Waals surface area (Å²) in [5.41, 5.74) is 6.60. The fraction of sp³-hybridized carbons (Fsp3) is 0.300. The smallest absolute Gasteiger partial charge is 0.249 e. The summed E-state index contributed by atoms with van der Waals surface area (Å²) < 4.78 is 0. The topological polar surface area (TPSA) is 77.0 Å². The summed E-state index contributed by atoms with van der Waals surface area (Å²) in [5.74, 6) is -0.388. The van der Waals surface area contributed by atoms with Crippen LogP contribution < -0.4 is 11.2 Å². The van der Waals surface area contributed by atoms with E-state index in [0.29, 0.717) is 0 Å². The van der Waals surface area contributed by atoms with Gasteiger partial charge in [-0.05, 0) is 5.56 Å². The molecule has 5 N–H and O–H groups in total. The maximum atomic E-state index is 10.8. The van der Waals surface area contributed by atoms with Crippen LogP contribution in [0.2, 0.25) is 0 Å². The van der Waals surface area contributed by atoms with Crippen LogP contribution in [0.5, 0.6) is 0 Å². The summed E-state index contributed by atoms with van der Waals surface area (Å²) in [5, 5.41) is 8.32. The third-order valence-electron chi connectivity index (χ3n) is 1.97. The molecule has 1 unspecified atom stereocenters. The number of carbonyl (C=O) groups is 1. The van der Waals surface area contributed by atoms with Crippen molar-refractivity contribution in [2.45, 2.75) is 18.9 Å². The number of quaternary nitrogens is 1. The number of rotatable bonds is 4. The second-order valence-electron chi connectivity index (χ2n) is 3.29. The molecule has 1 amide bonds. The van der Waals surface area contributed by atoms with E-state index >= 15 is 0 Å². The van der Waals surface area contributed by atoms with Crippen molar-refractivity contribution in [1.82, 2.24) is 5.48 Å². The Kier molecular flexibility index (Phi) is 4.10. The number of hydrogen-bond donors (Lipinski definition) is 3. The lowest BCUT2D eigenvalue weighted by Gasteiger charge is -2.06. The predicted octanol–water partition coefficient (Wildman–Crippen LogP) is -0.265. The van der Waals surface area contributed by atoms with Crippen LogP contribution in [-0.2, 0) is 11.2 Å². The monoisotopic (exact) mass is 195 g/mol. The zero-order valence-electron chi connectivity index (χ0n) is 7.94. The van der Waals surface area contributed by atoms with Gasteiger partial charge >= 0.3 is 0 Å². The highest BCUT2D eigenvalue weighted by Crippen LogP contribution is 2.02. The van der Waals surface area contributed by atoms with Gasteiger partial charge in [0.05, 0.1) is 12.5 Å². The van der Waals surface area contributed by atoms with Gasteiger partial charge in [0, 0.05) is 6.42 Å². The van der Waals surface area contributed by atoms with Gasteiger partial charge in [0.1, 0.15) is 0 Å². The van der Waals surface area contributed by atoms with E-state index in [1.807, 2.05) is 30.3 Å². The summed E-state index contributed by atoms with van der Waals surface area (Å²) in [6, 6.07) is 9.83. The van der Waals surface area contributed by atoms with Crippen LogP contribution in [0.1, 0.15) is 12.0 Å². The van der Waals surface area contributed by atoms with Crippen molar-refractivity contribution in [2.24, 2.45) is 0 Å². The van der Waals surface area contributed by atoms with Crippen LogP contribution in [0.15, 0.2) is 30.3 Å². The second kappa shape index (κ2) is 5.36. The minimum atomic E-state index is -0.388. The number of nitrogens with one attached hydrogen (secondary N) is 1. The van der Waals surface area contributed by atoms with E-state index in [2.05, 4.69) is 5.73 Å². The molecule has 0 aromatic heterocycles. The number of benzene rings is 1. The van der Waals surface area contributed by atoms with Crippen LogP contribution in [0.25, 0.3) is 0 Å². The van der Waals surface area contributed by atoms with Crippen molar-refractivity contribution in [3.8, 4) is 0 Å². The fourth-order valence-electron chi connectivity index (χ4n) is 1.33. The molecule has 1 atom stereocenters. The van der Waals surface area contributed by atoms with Crippen molar-refractivity contribution in [1.29, 1.82) is 0 Å². The maximum Gasteiger partial charge on any atom is 0.249 e. The fourth-order valence-corrected chi connectivity index (χ4v) is 1.33. The Hall–Kier alpha value is -1.39. The van der Waals surface area contributed by atoms with Crippen LogP contribution in [0, 0.1) is 0 Å². The Bertz CT molecular complexity index is 287. The zero-order valence-corrected chi connectivity index (χ0v) is 7.94. The Morgan fingerprint density at radius 3 is 2.64 bits per heavy atom. The van der Waals surface area contributed by atoms with Crippen LogP contribution >= 0.6 is 0 Å². The van der Waals surface area contributed by atoms with E-state index in [9.17, 15) is 4.79 Å². The molecular formula is C10H15N2O2+. The normalized spacial score (nSPS) is 12.1. The Morgan fingerprint density at radius 2 is 2.07 bits per heavy atom. The third kappa shape index (κ3) is 3.55. The lowest BCUT2D eigenvalue weighted by atomic mass is 10.0. The SMILES string of the molecule is [NH3+]C(CC(=O)NO)Cc1ccccc1. The maximum absolute atomic E-state index is 10.8. The van der Waals surface area contributed by atoms with Gasteiger partial charge in [-0.15, -0.1) is 0 Å². The molecule has 0 aliphatic carbocycles. The molecular weight excluding hydrogens is 180 g/mol. The summed E-state index contributed by atoms with van der Waals surface area (Å²) >= 11 is 0. The molecule has 1 rings (SSSR count). The molecule has 0 fully saturated rings. The van der Waals surface area contributed by atoms with E-state index < -0.39 is 0 Å². The molecule has 0 radical (unpaired) electrons. The molecule has 0 spiro atoms. The van der Waals surface area contributed by atoms with Crippen molar-refractivity contribution >= 4 is 5.91 Å². The standard InChI is InChI=1S/C10H14N2O2/c11-9(7-10(13)12-14)6-8-4-2-1-3-5-8/h1-5,9,14H,6-7,11H2,(H,12,13)/p+1. The second-order valence-corrected chi connectivity index (χ2v) is 3.29. The van der Waals surface area contributed by atoms with E-state index in [4.69, 9.17) is 5.21 Å². The van der Waals surface area contributed by atoms with Crippen LogP contribution in [0.3, 0.4) is 0 Å². The molecule has 0 saturated carbocycles. The molecule has 1 aromatic carbocycles. The Labute approximate surface area is 82.7 Å².